The van der Waals surface area contributed by atoms with Gasteiger partial charge in [0.05, 0.1) is 0 Å². The zero-order valence-corrected chi connectivity index (χ0v) is 12.1. The first-order valence-electron chi connectivity index (χ1n) is 7.53. The number of hydrogen-bond acceptors (Lipinski definition) is 1. The normalized spacial score (nSPS) is 25.1. The monoisotopic (exact) mass is 245 g/mol. The van der Waals surface area contributed by atoms with Crippen LogP contribution >= 0.6 is 0 Å². The summed E-state index contributed by atoms with van der Waals surface area (Å²) in [6.07, 6.45) is 6.44. The molecular weight excluding hydrogens is 218 g/mol. The Morgan fingerprint density at radius 2 is 2.06 bits per heavy atom. The SMILES string of the molecule is CCc1cccc(C2(C(C)C)CCCCCN2)c1. The molecule has 0 saturated carbocycles. The van der Waals surface area contributed by atoms with Gasteiger partial charge in [0.25, 0.3) is 0 Å². The predicted octanol–water partition coefficient (Wildman–Crippen LogP) is 4.26. The second-order valence-corrected chi connectivity index (χ2v) is 5.92. The Balaban J connectivity index is 2.38. The number of aryl methyl sites for hydroxylation is 1. The van der Waals surface area contributed by atoms with E-state index < -0.39 is 0 Å². The summed E-state index contributed by atoms with van der Waals surface area (Å²) in [7, 11) is 0. The Morgan fingerprint density at radius 3 is 2.78 bits per heavy atom. The van der Waals surface area contributed by atoms with Crippen molar-refractivity contribution < 1.29 is 0 Å². The van der Waals surface area contributed by atoms with E-state index in [0.29, 0.717) is 5.92 Å². The molecule has 100 valence electrons. The molecule has 1 aromatic carbocycles. The van der Waals surface area contributed by atoms with Crippen LogP contribution in [-0.2, 0) is 12.0 Å². The average Bonchev–Trinajstić information content (AvgIpc) is 2.65. The van der Waals surface area contributed by atoms with Gasteiger partial charge in [0.2, 0.25) is 0 Å². The highest BCUT2D eigenvalue weighted by Gasteiger charge is 2.35. The van der Waals surface area contributed by atoms with Crippen LogP contribution in [0.5, 0.6) is 0 Å². The summed E-state index contributed by atoms with van der Waals surface area (Å²) in [5, 5.41) is 3.86. The van der Waals surface area contributed by atoms with Crippen molar-refractivity contribution in [1.82, 2.24) is 5.32 Å². The van der Waals surface area contributed by atoms with Crippen LogP contribution in [0.25, 0.3) is 0 Å². The lowest BCUT2D eigenvalue weighted by Crippen LogP contribution is -2.46. The van der Waals surface area contributed by atoms with Gasteiger partial charge in [0, 0.05) is 5.54 Å². The van der Waals surface area contributed by atoms with Gasteiger partial charge >= 0.3 is 0 Å². The quantitative estimate of drug-likeness (QED) is 0.839. The minimum Gasteiger partial charge on any atom is -0.307 e. The maximum atomic E-state index is 3.86. The topological polar surface area (TPSA) is 12.0 Å². The van der Waals surface area contributed by atoms with Crippen molar-refractivity contribution in [2.75, 3.05) is 6.54 Å². The van der Waals surface area contributed by atoms with E-state index in [0.717, 1.165) is 13.0 Å². The van der Waals surface area contributed by atoms with Gasteiger partial charge in [-0.2, -0.15) is 0 Å². The molecule has 18 heavy (non-hydrogen) atoms. The largest absolute Gasteiger partial charge is 0.307 e. The maximum Gasteiger partial charge on any atom is 0.0457 e. The summed E-state index contributed by atoms with van der Waals surface area (Å²) in [4.78, 5) is 0. The first kappa shape index (κ1) is 13.6. The minimum absolute atomic E-state index is 0.196. The molecule has 1 heterocycles. The van der Waals surface area contributed by atoms with E-state index in [2.05, 4.69) is 50.4 Å². The van der Waals surface area contributed by atoms with Gasteiger partial charge in [-0.1, -0.05) is 57.9 Å². The van der Waals surface area contributed by atoms with Crippen molar-refractivity contribution in [3.63, 3.8) is 0 Å². The second-order valence-electron chi connectivity index (χ2n) is 5.92. The third-order valence-electron chi connectivity index (χ3n) is 4.52. The second kappa shape index (κ2) is 5.88. The van der Waals surface area contributed by atoms with E-state index in [1.165, 1.54) is 36.8 Å². The van der Waals surface area contributed by atoms with Gasteiger partial charge in [-0.15, -0.1) is 0 Å². The summed E-state index contributed by atoms with van der Waals surface area (Å²) < 4.78 is 0. The van der Waals surface area contributed by atoms with Crippen LogP contribution in [0.3, 0.4) is 0 Å². The Kier molecular flexibility index (Phi) is 4.45. The molecule has 1 aromatic rings. The molecule has 0 amide bonds. The molecule has 1 atom stereocenters. The highest BCUT2D eigenvalue weighted by molar-refractivity contribution is 5.30. The minimum atomic E-state index is 0.196. The van der Waals surface area contributed by atoms with Crippen molar-refractivity contribution >= 4 is 0 Å². The molecule has 1 heteroatoms. The molecule has 1 nitrogen and oxygen atoms in total. The molecule has 0 radical (unpaired) electrons. The first-order chi connectivity index (χ1) is 8.69. The summed E-state index contributed by atoms with van der Waals surface area (Å²) in [6, 6.07) is 9.20. The van der Waals surface area contributed by atoms with Gasteiger partial charge in [-0.25, -0.2) is 0 Å². The van der Waals surface area contributed by atoms with E-state index in [-0.39, 0.29) is 5.54 Å². The molecule has 0 bridgehead atoms. The smallest absolute Gasteiger partial charge is 0.0457 e. The van der Waals surface area contributed by atoms with Crippen LogP contribution in [0, 0.1) is 5.92 Å². The highest BCUT2D eigenvalue weighted by atomic mass is 15.0. The average molecular weight is 245 g/mol. The van der Waals surface area contributed by atoms with Gasteiger partial charge in [-0.05, 0) is 42.9 Å². The fraction of sp³-hybridized carbons (Fsp3) is 0.647. The van der Waals surface area contributed by atoms with Crippen molar-refractivity contribution in [3.8, 4) is 0 Å². The molecule has 1 unspecified atom stereocenters. The molecule has 2 rings (SSSR count). The third kappa shape index (κ3) is 2.61. The van der Waals surface area contributed by atoms with E-state index in [1.807, 2.05) is 0 Å². The lowest BCUT2D eigenvalue weighted by molar-refractivity contribution is 0.230. The van der Waals surface area contributed by atoms with E-state index in [4.69, 9.17) is 0 Å². The van der Waals surface area contributed by atoms with Crippen molar-refractivity contribution in [2.45, 2.75) is 58.4 Å². The Hall–Kier alpha value is -0.820. The van der Waals surface area contributed by atoms with Crippen molar-refractivity contribution in [2.24, 2.45) is 5.92 Å². The van der Waals surface area contributed by atoms with Crippen molar-refractivity contribution in [1.29, 1.82) is 0 Å². The highest BCUT2D eigenvalue weighted by Crippen LogP contribution is 2.36. The summed E-state index contributed by atoms with van der Waals surface area (Å²) in [6.45, 7) is 8.12. The molecule has 0 aromatic heterocycles. The molecule has 1 fully saturated rings. The number of benzene rings is 1. The lowest BCUT2D eigenvalue weighted by Gasteiger charge is -2.39. The molecule has 1 saturated heterocycles. The van der Waals surface area contributed by atoms with Crippen LogP contribution in [0.2, 0.25) is 0 Å². The molecule has 1 aliphatic rings. The van der Waals surface area contributed by atoms with Crippen LogP contribution in [0.1, 0.15) is 57.6 Å². The lowest BCUT2D eigenvalue weighted by atomic mass is 9.76. The Labute approximate surface area is 112 Å². The predicted molar refractivity (Wildman–Crippen MR) is 78.8 cm³/mol. The fourth-order valence-electron chi connectivity index (χ4n) is 3.25. The Bertz CT molecular complexity index is 373. The van der Waals surface area contributed by atoms with Crippen LogP contribution in [-0.4, -0.2) is 6.54 Å². The summed E-state index contributed by atoms with van der Waals surface area (Å²) in [5.74, 6) is 0.641. The van der Waals surface area contributed by atoms with Crippen molar-refractivity contribution in [3.05, 3.63) is 35.4 Å². The fourth-order valence-corrected chi connectivity index (χ4v) is 3.25. The molecule has 0 spiro atoms. The maximum absolute atomic E-state index is 3.86. The third-order valence-corrected chi connectivity index (χ3v) is 4.52. The summed E-state index contributed by atoms with van der Waals surface area (Å²) in [5.41, 5.74) is 3.15. The van der Waals surface area contributed by atoms with Gasteiger partial charge in [-0.3, -0.25) is 0 Å². The molecule has 1 aliphatic heterocycles. The van der Waals surface area contributed by atoms with Crippen LogP contribution < -0.4 is 5.32 Å². The van der Waals surface area contributed by atoms with Gasteiger partial charge in [0.1, 0.15) is 0 Å². The summed E-state index contributed by atoms with van der Waals surface area (Å²) >= 11 is 0. The van der Waals surface area contributed by atoms with E-state index in [9.17, 15) is 0 Å². The number of rotatable bonds is 3. The zero-order chi connectivity index (χ0) is 13.0. The number of nitrogens with one attached hydrogen (secondary N) is 1. The first-order valence-corrected chi connectivity index (χ1v) is 7.53. The standard InChI is InChI=1S/C17H27N/c1-4-15-9-8-10-16(13-15)17(14(2)3)11-6-5-7-12-18-17/h8-10,13-14,18H,4-7,11-12H2,1-3H3. The Morgan fingerprint density at radius 1 is 1.22 bits per heavy atom. The van der Waals surface area contributed by atoms with Gasteiger partial charge < -0.3 is 5.32 Å². The van der Waals surface area contributed by atoms with E-state index in [1.54, 1.807) is 0 Å². The zero-order valence-electron chi connectivity index (χ0n) is 12.1. The van der Waals surface area contributed by atoms with Crippen LogP contribution in [0.15, 0.2) is 24.3 Å². The van der Waals surface area contributed by atoms with Gasteiger partial charge in [0.15, 0.2) is 0 Å². The molecular formula is C17H27N. The number of hydrogen-bond donors (Lipinski definition) is 1. The molecule has 1 N–H and O–H groups in total. The van der Waals surface area contributed by atoms with Crippen LogP contribution in [0.4, 0.5) is 0 Å². The molecule has 0 aliphatic carbocycles. The van der Waals surface area contributed by atoms with E-state index >= 15 is 0 Å².